The van der Waals surface area contributed by atoms with Gasteiger partial charge in [0.1, 0.15) is 0 Å². The zero-order valence-electron chi connectivity index (χ0n) is 14.0. The van der Waals surface area contributed by atoms with Crippen molar-refractivity contribution in [1.29, 1.82) is 0 Å². The fourth-order valence-electron chi connectivity index (χ4n) is 3.85. The van der Waals surface area contributed by atoms with E-state index in [9.17, 15) is 0 Å². The summed E-state index contributed by atoms with van der Waals surface area (Å²) in [4.78, 5) is 1.33. The minimum absolute atomic E-state index is 1.20. The summed E-state index contributed by atoms with van der Waals surface area (Å²) in [5.74, 6) is 0. The van der Waals surface area contributed by atoms with E-state index >= 15 is 0 Å². The van der Waals surface area contributed by atoms with Crippen LogP contribution in [-0.2, 0) is 0 Å². The number of hydrogen-bond donors (Lipinski definition) is 0. The van der Waals surface area contributed by atoms with Gasteiger partial charge < -0.3 is 4.57 Å². The van der Waals surface area contributed by atoms with E-state index in [1.807, 2.05) is 17.4 Å². The van der Waals surface area contributed by atoms with E-state index in [1.54, 1.807) is 0 Å². The van der Waals surface area contributed by atoms with Gasteiger partial charge in [0.25, 0.3) is 0 Å². The summed E-state index contributed by atoms with van der Waals surface area (Å²) in [6, 6.07) is 23.8. The highest BCUT2D eigenvalue weighted by Crippen LogP contribution is 2.42. The SMILES string of the molecule is C=Cc1c(C)sc2c1ccc1c2c2ccccc2n1-c1ccccc1. The van der Waals surface area contributed by atoms with E-state index in [2.05, 4.69) is 84.8 Å². The molecule has 0 aliphatic rings. The monoisotopic (exact) mass is 339 g/mol. The van der Waals surface area contributed by atoms with Crippen LogP contribution in [0, 0.1) is 6.92 Å². The molecule has 5 rings (SSSR count). The molecule has 25 heavy (non-hydrogen) atoms. The van der Waals surface area contributed by atoms with Crippen LogP contribution in [0.2, 0.25) is 0 Å². The highest BCUT2D eigenvalue weighted by Gasteiger charge is 2.17. The Bertz CT molecular complexity index is 1260. The van der Waals surface area contributed by atoms with Crippen LogP contribution < -0.4 is 0 Å². The van der Waals surface area contributed by atoms with Gasteiger partial charge in [-0.2, -0.15) is 0 Å². The fourth-order valence-corrected chi connectivity index (χ4v) is 5.07. The average Bonchev–Trinajstić information content (AvgIpc) is 3.16. The lowest BCUT2D eigenvalue weighted by Gasteiger charge is -2.07. The first-order valence-electron chi connectivity index (χ1n) is 8.42. The van der Waals surface area contributed by atoms with Crippen LogP contribution in [0.3, 0.4) is 0 Å². The number of aromatic nitrogens is 1. The molecule has 2 heteroatoms. The van der Waals surface area contributed by atoms with Gasteiger partial charge in [-0.25, -0.2) is 0 Å². The molecule has 2 aromatic heterocycles. The summed E-state index contributed by atoms with van der Waals surface area (Å²) in [5.41, 5.74) is 4.97. The third kappa shape index (κ3) is 1.95. The molecule has 2 heterocycles. The normalized spacial score (nSPS) is 11.6. The molecule has 0 atom stereocenters. The summed E-state index contributed by atoms with van der Waals surface area (Å²) < 4.78 is 3.73. The molecule has 0 aliphatic heterocycles. The van der Waals surface area contributed by atoms with Crippen molar-refractivity contribution >= 4 is 49.3 Å². The van der Waals surface area contributed by atoms with Gasteiger partial charge >= 0.3 is 0 Å². The number of hydrogen-bond acceptors (Lipinski definition) is 1. The molecule has 0 fully saturated rings. The first-order chi connectivity index (χ1) is 12.3. The van der Waals surface area contributed by atoms with Gasteiger partial charge in [-0.15, -0.1) is 11.3 Å². The molecule has 0 aliphatic carbocycles. The van der Waals surface area contributed by atoms with Gasteiger partial charge in [0.15, 0.2) is 0 Å². The first kappa shape index (κ1) is 14.5. The van der Waals surface area contributed by atoms with Crippen LogP contribution in [0.1, 0.15) is 10.4 Å². The van der Waals surface area contributed by atoms with Crippen LogP contribution in [0.5, 0.6) is 0 Å². The zero-order valence-corrected chi connectivity index (χ0v) is 14.8. The van der Waals surface area contributed by atoms with Crippen molar-refractivity contribution in [3.8, 4) is 5.69 Å². The molecule has 0 saturated heterocycles. The Morgan fingerprint density at radius 3 is 2.40 bits per heavy atom. The zero-order chi connectivity index (χ0) is 17.0. The standard InChI is InChI=1S/C23H17NS/c1-3-17-15(2)25-23-18(17)13-14-21-22(23)19-11-7-8-12-20(19)24(21)16-9-5-4-6-10-16/h3-14H,1H2,2H3. The van der Waals surface area contributed by atoms with Crippen LogP contribution in [0.15, 0.2) is 73.3 Å². The van der Waals surface area contributed by atoms with E-state index in [4.69, 9.17) is 0 Å². The largest absolute Gasteiger partial charge is 0.309 e. The Morgan fingerprint density at radius 1 is 0.840 bits per heavy atom. The maximum Gasteiger partial charge on any atom is 0.0555 e. The van der Waals surface area contributed by atoms with E-state index in [0.717, 1.165) is 0 Å². The average molecular weight is 339 g/mol. The minimum Gasteiger partial charge on any atom is -0.309 e. The third-order valence-electron chi connectivity index (χ3n) is 4.93. The van der Waals surface area contributed by atoms with Gasteiger partial charge in [-0.3, -0.25) is 0 Å². The predicted molar refractivity (Wildman–Crippen MR) is 111 cm³/mol. The molecule has 0 radical (unpaired) electrons. The molecule has 0 unspecified atom stereocenters. The van der Waals surface area contributed by atoms with Crippen molar-refractivity contribution in [2.75, 3.05) is 0 Å². The smallest absolute Gasteiger partial charge is 0.0555 e. The fraction of sp³-hybridized carbons (Fsp3) is 0.0435. The summed E-state index contributed by atoms with van der Waals surface area (Å²) in [6.07, 6.45) is 1.98. The van der Waals surface area contributed by atoms with Gasteiger partial charge in [0.05, 0.1) is 11.0 Å². The van der Waals surface area contributed by atoms with Crippen LogP contribution in [0.4, 0.5) is 0 Å². The molecule has 5 aromatic rings. The van der Waals surface area contributed by atoms with Crippen molar-refractivity contribution in [3.63, 3.8) is 0 Å². The summed E-state index contributed by atoms with van der Waals surface area (Å²) in [6.45, 7) is 6.20. The Labute approximate surface area is 150 Å². The maximum absolute atomic E-state index is 4.01. The lowest BCUT2D eigenvalue weighted by molar-refractivity contribution is 1.18. The van der Waals surface area contributed by atoms with Crippen LogP contribution in [-0.4, -0.2) is 4.57 Å². The highest BCUT2D eigenvalue weighted by atomic mass is 32.1. The van der Waals surface area contributed by atoms with E-state index < -0.39 is 0 Å². The van der Waals surface area contributed by atoms with Gasteiger partial charge in [0.2, 0.25) is 0 Å². The number of thiophene rings is 1. The summed E-state index contributed by atoms with van der Waals surface area (Å²) >= 11 is 1.87. The molecule has 0 N–H and O–H groups in total. The van der Waals surface area contributed by atoms with Crippen molar-refractivity contribution < 1.29 is 0 Å². The van der Waals surface area contributed by atoms with Gasteiger partial charge in [-0.1, -0.05) is 55.1 Å². The number of fused-ring (bicyclic) bond motifs is 5. The molecule has 0 saturated carbocycles. The third-order valence-corrected chi connectivity index (χ3v) is 6.09. The number of rotatable bonds is 2. The Morgan fingerprint density at radius 2 is 1.60 bits per heavy atom. The number of aryl methyl sites for hydroxylation is 1. The minimum atomic E-state index is 1.20. The number of benzene rings is 3. The highest BCUT2D eigenvalue weighted by molar-refractivity contribution is 7.20. The topological polar surface area (TPSA) is 4.93 Å². The molecule has 0 bridgehead atoms. The Kier molecular flexibility index (Phi) is 3.09. The molecular weight excluding hydrogens is 322 g/mol. The first-order valence-corrected chi connectivity index (χ1v) is 9.24. The van der Waals surface area contributed by atoms with Crippen LogP contribution >= 0.6 is 11.3 Å². The molecule has 120 valence electrons. The summed E-state index contributed by atoms with van der Waals surface area (Å²) in [5, 5.41) is 3.96. The van der Waals surface area contributed by atoms with E-state index in [0.29, 0.717) is 0 Å². The van der Waals surface area contributed by atoms with E-state index in [-0.39, 0.29) is 0 Å². The predicted octanol–water partition coefficient (Wildman–Crippen LogP) is 6.95. The molecular formula is C23H17NS. The molecule has 0 spiro atoms. The Balaban J connectivity index is 2.05. The van der Waals surface area contributed by atoms with Gasteiger partial charge in [0, 0.05) is 31.4 Å². The number of nitrogens with zero attached hydrogens (tertiary/aromatic N) is 1. The van der Waals surface area contributed by atoms with Crippen molar-refractivity contribution in [2.24, 2.45) is 0 Å². The lowest BCUT2D eigenvalue weighted by atomic mass is 10.1. The van der Waals surface area contributed by atoms with Crippen molar-refractivity contribution in [2.45, 2.75) is 6.92 Å². The van der Waals surface area contributed by atoms with E-state index in [1.165, 1.54) is 48.0 Å². The molecule has 1 nitrogen and oxygen atoms in total. The molecule has 3 aromatic carbocycles. The second-order valence-electron chi connectivity index (χ2n) is 6.30. The number of para-hydroxylation sites is 2. The maximum atomic E-state index is 4.01. The van der Waals surface area contributed by atoms with Gasteiger partial charge in [-0.05, 0) is 36.8 Å². The Hall–Kier alpha value is -2.84. The molecule has 0 amide bonds. The quantitative estimate of drug-likeness (QED) is 0.328. The van der Waals surface area contributed by atoms with Crippen molar-refractivity contribution in [1.82, 2.24) is 4.57 Å². The second kappa shape index (κ2) is 5.33. The lowest BCUT2D eigenvalue weighted by Crippen LogP contribution is -1.92. The van der Waals surface area contributed by atoms with Crippen molar-refractivity contribution in [3.05, 3.63) is 83.7 Å². The van der Waals surface area contributed by atoms with Crippen LogP contribution in [0.25, 0.3) is 43.7 Å². The summed E-state index contributed by atoms with van der Waals surface area (Å²) in [7, 11) is 0. The second-order valence-corrected chi connectivity index (χ2v) is 7.53.